The van der Waals surface area contributed by atoms with E-state index in [-0.39, 0.29) is 0 Å². The third-order valence-electron chi connectivity index (χ3n) is 3.60. The van der Waals surface area contributed by atoms with Crippen LogP contribution < -0.4 is 5.32 Å². The van der Waals surface area contributed by atoms with Crippen LogP contribution in [0.2, 0.25) is 0 Å². The highest BCUT2D eigenvalue weighted by molar-refractivity contribution is 5.77. The van der Waals surface area contributed by atoms with Crippen LogP contribution >= 0.6 is 0 Å². The molecule has 3 rings (SSSR count). The summed E-state index contributed by atoms with van der Waals surface area (Å²) in [4.78, 5) is 4.81. The van der Waals surface area contributed by atoms with Crippen molar-refractivity contribution in [2.24, 2.45) is 0 Å². The molecule has 3 heteroatoms. The van der Waals surface area contributed by atoms with Crippen LogP contribution in [0.4, 0.5) is 0 Å². The minimum absolute atomic E-state index is 0.309. The molecule has 1 N–H and O–H groups in total. The van der Waals surface area contributed by atoms with Gasteiger partial charge in [0.15, 0.2) is 0 Å². The Morgan fingerprint density at radius 1 is 1.41 bits per heavy atom. The van der Waals surface area contributed by atoms with Crippen molar-refractivity contribution < 1.29 is 0 Å². The van der Waals surface area contributed by atoms with Gasteiger partial charge >= 0.3 is 0 Å². The number of rotatable bonds is 3. The van der Waals surface area contributed by atoms with E-state index in [9.17, 15) is 0 Å². The Kier molecular flexibility index (Phi) is 2.44. The molecule has 17 heavy (non-hydrogen) atoms. The highest BCUT2D eigenvalue weighted by Gasteiger charge is 2.29. The molecule has 90 valence electrons. The van der Waals surface area contributed by atoms with Gasteiger partial charge in [0.25, 0.3) is 0 Å². The van der Waals surface area contributed by atoms with Crippen molar-refractivity contribution in [3.05, 3.63) is 29.6 Å². The lowest BCUT2D eigenvalue weighted by Crippen LogP contribution is -2.17. The Bertz CT molecular complexity index is 552. The molecule has 1 aromatic heterocycles. The molecule has 1 saturated carbocycles. The van der Waals surface area contributed by atoms with Gasteiger partial charge in [0.2, 0.25) is 0 Å². The Morgan fingerprint density at radius 3 is 2.82 bits per heavy atom. The fourth-order valence-corrected chi connectivity index (χ4v) is 2.38. The molecule has 0 saturated heterocycles. The Balaban J connectivity index is 2.22. The number of nitrogens with zero attached hydrogens (tertiary/aromatic N) is 2. The van der Waals surface area contributed by atoms with E-state index in [4.69, 9.17) is 4.98 Å². The molecule has 0 radical (unpaired) electrons. The van der Waals surface area contributed by atoms with E-state index in [1.54, 1.807) is 0 Å². The van der Waals surface area contributed by atoms with Gasteiger partial charge in [-0.15, -0.1) is 0 Å². The van der Waals surface area contributed by atoms with E-state index in [0.29, 0.717) is 12.1 Å². The summed E-state index contributed by atoms with van der Waals surface area (Å²) in [6.45, 7) is 4.30. The number of hydrogen-bond acceptors (Lipinski definition) is 2. The van der Waals surface area contributed by atoms with Crippen molar-refractivity contribution in [3.8, 4) is 0 Å². The minimum atomic E-state index is 0.309. The molecule has 2 aromatic rings. The first-order valence-corrected chi connectivity index (χ1v) is 6.36. The minimum Gasteiger partial charge on any atom is -0.324 e. The van der Waals surface area contributed by atoms with E-state index in [2.05, 4.69) is 41.9 Å². The topological polar surface area (TPSA) is 29.9 Å². The molecule has 1 fully saturated rings. The van der Waals surface area contributed by atoms with E-state index < -0.39 is 0 Å². The summed E-state index contributed by atoms with van der Waals surface area (Å²) in [7, 11) is 1.99. The lowest BCUT2D eigenvalue weighted by atomic mass is 10.2. The maximum absolute atomic E-state index is 4.81. The number of benzene rings is 1. The second-order valence-corrected chi connectivity index (χ2v) is 5.07. The van der Waals surface area contributed by atoms with Crippen molar-refractivity contribution in [3.63, 3.8) is 0 Å². The maximum atomic E-state index is 4.81. The Morgan fingerprint density at radius 2 is 2.18 bits per heavy atom. The average molecular weight is 229 g/mol. The van der Waals surface area contributed by atoms with Crippen LogP contribution in [-0.4, -0.2) is 16.6 Å². The number of fused-ring (bicyclic) bond motifs is 1. The van der Waals surface area contributed by atoms with Gasteiger partial charge in [-0.25, -0.2) is 4.98 Å². The smallest absolute Gasteiger partial charge is 0.127 e. The van der Waals surface area contributed by atoms with Crippen LogP contribution in [0.1, 0.15) is 43.2 Å². The summed E-state index contributed by atoms with van der Waals surface area (Å²) in [6, 6.07) is 7.55. The number of aromatic nitrogens is 2. The fraction of sp³-hybridized carbons (Fsp3) is 0.500. The molecule has 0 bridgehead atoms. The molecule has 0 spiro atoms. The first-order chi connectivity index (χ1) is 8.20. The molecule has 1 unspecified atom stereocenters. The van der Waals surface area contributed by atoms with Crippen molar-refractivity contribution in [1.29, 1.82) is 0 Å². The van der Waals surface area contributed by atoms with Gasteiger partial charge in [-0.2, -0.15) is 0 Å². The second kappa shape index (κ2) is 3.84. The van der Waals surface area contributed by atoms with Crippen LogP contribution in [0.25, 0.3) is 11.0 Å². The summed E-state index contributed by atoms with van der Waals surface area (Å²) in [6.07, 6.45) is 2.59. The van der Waals surface area contributed by atoms with Gasteiger partial charge < -0.3 is 9.88 Å². The predicted molar refractivity (Wildman–Crippen MR) is 70.2 cm³/mol. The average Bonchev–Trinajstić information content (AvgIpc) is 3.09. The quantitative estimate of drug-likeness (QED) is 0.877. The first-order valence-electron chi connectivity index (χ1n) is 6.36. The van der Waals surface area contributed by atoms with Crippen molar-refractivity contribution >= 4 is 11.0 Å². The zero-order valence-electron chi connectivity index (χ0n) is 10.7. The lowest BCUT2D eigenvalue weighted by Gasteiger charge is -2.13. The fourth-order valence-electron chi connectivity index (χ4n) is 2.38. The predicted octanol–water partition coefficient (Wildman–Crippen LogP) is 2.96. The van der Waals surface area contributed by atoms with E-state index in [1.165, 1.54) is 29.7 Å². The van der Waals surface area contributed by atoms with Crippen molar-refractivity contribution in [2.45, 2.75) is 38.8 Å². The molecule has 1 atom stereocenters. The van der Waals surface area contributed by atoms with Gasteiger partial charge in [-0.1, -0.05) is 6.07 Å². The highest BCUT2D eigenvalue weighted by Crippen LogP contribution is 2.39. The maximum Gasteiger partial charge on any atom is 0.127 e. The van der Waals surface area contributed by atoms with Crippen LogP contribution in [0.5, 0.6) is 0 Å². The normalized spacial score (nSPS) is 17.6. The van der Waals surface area contributed by atoms with Crippen LogP contribution in [0, 0.1) is 6.92 Å². The third kappa shape index (κ3) is 1.75. The third-order valence-corrected chi connectivity index (χ3v) is 3.60. The van der Waals surface area contributed by atoms with E-state index in [0.717, 1.165) is 5.52 Å². The molecule has 0 amide bonds. The molecular formula is C14H19N3. The molecule has 1 heterocycles. The lowest BCUT2D eigenvalue weighted by molar-refractivity contribution is 0.565. The van der Waals surface area contributed by atoms with Crippen LogP contribution in [0.15, 0.2) is 18.2 Å². The SMILES string of the molecule is CNC(C)c1nc2cc(C)ccc2n1C1CC1. The van der Waals surface area contributed by atoms with Crippen LogP contribution in [0.3, 0.4) is 0 Å². The van der Waals surface area contributed by atoms with Crippen LogP contribution in [-0.2, 0) is 0 Å². The summed E-state index contributed by atoms with van der Waals surface area (Å²) >= 11 is 0. The first kappa shape index (κ1) is 10.8. The van der Waals surface area contributed by atoms with Gasteiger partial charge in [0.05, 0.1) is 17.1 Å². The van der Waals surface area contributed by atoms with Crippen molar-refractivity contribution in [1.82, 2.24) is 14.9 Å². The Labute approximate surface area is 102 Å². The number of hydrogen-bond donors (Lipinski definition) is 1. The number of imidazole rings is 1. The van der Waals surface area contributed by atoms with Crippen molar-refractivity contribution in [2.75, 3.05) is 7.05 Å². The van der Waals surface area contributed by atoms with Gasteiger partial charge in [0, 0.05) is 6.04 Å². The number of aryl methyl sites for hydroxylation is 1. The molecule has 1 aromatic carbocycles. The second-order valence-electron chi connectivity index (χ2n) is 5.07. The highest BCUT2D eigenvalue weighted by atomic mass is 15.2. The standard InChI is InChI=1S/C14H19N3/c1-9-4-7-13-12(8-9)16-14(10(2)15-3)17(13)11-5-6-11/h4,7-8,10-11,15H,5-6H2,1-3H3. The molecule has 3 nitrogen and oxygen atoms in total. The molecule has 0 aliphatic heterocycles. The van der Waals surface area contributed by atoms with E-state index >= 15 is 0 Å². The largest absolute Gasteiger partial charge is 0.324 e. The van der Waals surface area contributed by atoms with Gasteiger partial charge in [0.1, 0.15) is 5.82 Å². The Hall–Kier alpha value is -1.35. The van der Waals surface area contributed by atoms with E-state index in [1.807, 2.05) is 7.05 Å². The summed E-state index contributed by atoms with van der Waals surface area (Å²) < 4.78 is 2.43. The zero-order chi connectivity index (χ0) is 12.0. The molecule has 1 aliphatic carbocycles. The molecule has 1 aliphatic rings. The number of nitrogens with one attached hydrogen (secondary N) is 1. The summed E-state index contributed by atoms with van der Waals surface area (Å²) in [5, 5.41) is 3.30. The monoisotopic (exact) mass is 229 g/mol. The van der Waals surface area contributed by atoms with Gasteiger partial charge in [-0.05, 0) is 51.4 Å². The zero-order valence-corrected chi connectivity index (χ0v) is 10.7. The van der Waals surface area contributed by atoms with Gasteiger partial charge in [-0.3, -0.25) is 0 Å². The summed E-state index contributed by atoms with van der Waals surface area (Å²) in [5.41, 5.74) is 3.70. The summed E-state index contributed by atoms with van der Waals surface area (Å²) in [5.74, 6) is 1.18. The molecular weight excluding hydrogens is 210 g/mol.